The molecule has 0 saturated carbocycles. The quantitative estimate of drug-likeness (QED) is 0.566. The molecule has 3 rings (SSSR count). The Bertz CT molecular complexity index is 881. The molecule has 0 spiro atoms. The summed E-state index contributed by atoms with van der Waals surface area (Å²) in [6.45, 7) is 0.625. The third-order valence-electron chi connectivity index (χ3n) is 3.85. The van der Waals surface area contributed by atoms with Gasteiger partial charge in [0.05, 0.1) is 18.6 Å². The van der Waals surface area contributed by atoms with E-state index in [1.807, 2.05) is 47.0 Å². The highest BCUT2D eigenvalue weighted by atomic mass is 32.2. The highest BCUT2D eigenvalue weighted by Gasteiger charge is 2.17. The molecule has 0 amide bonds. The van der Waals surface area contributed by atoms with Gasteiger partial charge >= 0.3 is 0 Å². The second-order valence-electron chi connectivity index (χ2n) is 5.55. The second-order valence-corrected chi connectivity index (χ2v) is 6.50. The Morgan fingerprint density at radius 2 is 1.85 bits per heavy atom. The summed E-state index contributed by atoms with van der Waals surface area (Å²) in [7, 11) is 1.61. The van der Waals surface area contributed by atoms with Crippen LogP contribution in [0.4, 0.5) is 0 Å². The fraction of sp³-hybridized carbons (Fsp3) is 0.211. The molecule has 0 atom stereocenters. The van der Waals surface area contributed by atoms with Crippen LogP contribution in [0.1, 0.15) is 5.56 Å². The van der Waals surface area contributed by atoms with Crippen molar-refractivity contribution < 1.29 is 14.6 Å². The Morgan fingerprint density at radius 1 is 1.12 bits per heavy atom. The zero-order valence-corrected chi connectivity index (χ0v) is 15.1. The number of carboxylic acids is 1. The monoisotopic (exact) mass is 368 g/mol. The van der Waals surface area contributed by atoms with E-state index in [1.165, 1.54) is 5.56 Å². The van der Waals surface area contributed by atoms with Gasteiger partial charge in [0.15, 0.2) is 11.0 Å². The normalized spacial score (nSPS) is 10.7. The lowest BCUT2D eigenvalue weighted by molar-refractivity contribution is -0.301. The summed E-state index contributed by atoms with van der Waals surface area (Å²) in [4.78, 5) is 10.8. The van der Waals surface area contributed by atoms with E-state index in [4.69, 9.17) is 4.74 Å². The summed E-state index contributed by atoms with van der Waals surface area (Å²) < 4.78 is 7.36. The summed E-state index contributed by atoms with van der Waals surface area (Å²) in [5, 5.41) is 19.8. The van der Waals surface area contributed by atoms with E-state index >= 15 is 0 Å². The number of carbonyl (C=O) groups excluding carboxylic acids is 1. The summed E-state index contributed by atoms with van der Waals surface area (Å²) in [5.41, 5.74) is 2.00. The molecule has 0 fully saturated rings. The molecule has 1 heterocycles. The largest absolute Gasteiger partial charge is 0.549 e. The molecule has 7 heteroatoms. The van der Waals surface area contributed by atoms with E-state index in [0.717, 1.165) is 23.7 Å². The van der Waals surface area contributed by atoms with Crippen molar-refractivity contribution in [3.63, 3.8) is 0 Å². The van der Waals surface area contributed by atoms with E-state index in [-0.39, 0.29) is 5.75 Å². The van der Waals surface area contributed by atoms with Crippen LogP contribution in [0.25, 0.3) is 11.4 Å². The number of benzene rings is 2. The Morgan fingerprint density at radius 3 is 2.58 bits per heavy atom. The molecule has 3 aromatic rings. The zero-order chi connectivity index (χ0) is 18.4. The fourth-order valence-corrected chi connectivity index (χ4v) is 3.31. The van der Waals surface area contributed by atoms with Crippen molar-refractivity contribution >= 4 is 17.7 Å². The van der Waals surface area contributed by atoms with Crippen LogP contribution in [0.15, 0.2) is 59.8 Å². The van der Waals surface area contributed by atoms with E-state index in [1.54, 1.807) is 7.11 Å². The Kier molecular flexibility index (Phi) is 5.91. The predicted octanol–water partition coefficient (Wildman–Crippen LogP) is 2.04. The highest BCUT2D eigenvalue weighted by molar-refractivity contribution is 7.99. The average Bonchev–Trinajstić information content (AvgIpc) is 3.08. The third kappa shape index (κ3) is 4.23. The lowest BCUT2D eigenvalue weighted by Crippen LogP contribution is -2.24. The minimum Gasteiger partial charge on any atom is -0.549 e. The minimum absolute atomic E-state index is 0.171. The molecule has 134 valence electrons. The molecular weight excluding hydrogens is 350 g/mol. The van der Waals surface area contributed by atoms with Gasteiger partial charge in [-0.25, -0.2) is 0 Å². The lowest BCUT2D eigenvalue weighted by Gasteiger charge is -2.12. The summed E-state index contributed by atoms with van der Waals surface area (Å²) in [6, 6.07) is 17.6. The number of carbonyl (C=O) groups is 1. The maximum absolute atomic E-state index is 10.8. The fourth-order valence-electron chi connectivity index (χ4n) is 2.63. The van der Waals surface area contributed by atoms with Gasteiger partial charge in [0, 0.05) is 12.3 Å². The van der Waals surface area contributed by atoms with E-state index in [9.17, 15) is 9.90 Å². The first-order valence-corrected chi connectivity index (χ1v) is 9.10. The number of thioether (sulfide) groups is 1. The summed E-state index contributed by atoms with van der Waals surface area (Å²) in [6.07, 6.45) is 0.778. The molecule has 0 bridgehead atoms. The predicted molar refractivity (Wildman–Crippen MR) is 97.9 cm³/mol. The molecule has 0 aliphatic carbocycles. The number of carboxylic acid groups (broad SMARTS) is 1. The number of aromatic nitrogens is 3. The minimum atomic E-state index is -1.13. The van der Waals surface area contributed by atoms with Crippen LogP contribution in [0.2, 0.25) is 0 Å². The Hall–Kier alpha value is -2.80. The van der Waals surface area contributed by atoms with Crippen LogP contribution in [0.5, 0.6) is 5.75 Å². The van der Waals surface area contributed by atoms with Crippen molar-refractivity contribution in [1.29, 1.82) is 0 Å². The van der Waals surface area contributed by atoms with Crippen LogP contribution in [-0.4, -0.2) is 33.6 Å². The standard InChI is InChI=1S/C19H19N3O3S/c1-25-16-10-6-5-9-15(16)18-20-21-19(26-13-17(23)24)22(18)12-11-14-7-3-2-4-8-14/h2-10H,11-13H2,1H3,(H,23,24)/p-1. The van der Waals surface area contributed by atoms with E-state index in [2.05, 4.69) is 22.3 Å². The molecule has 0 unspecified atom stereocenters. The number of hydrogen-bond donors (Lipinski definition) is 0. The van der Waals surface area contributed by atoms with E-state index in [0.29, 0.717) is 23.3 Å². The summed E-state index contributed by atoms with van der Waals surface area (Å²) in [5.74, 6) is 0.0399. The number of para-hydroxylation sites is 1. The van der Waals surface area contributed by atoms with Gasteiger partial charge in [0.1, 0.15) is 5.75 Å². The number of rotatable bonds is 8. The first kappa shape index (κ1) is 18.0. The number of nitrogens with zero attached hydrogens (tertiary/aromatic N) is 3. The first-order valence-electron chi connectivity index (χ1n) is 8.12. The van der Waals surface area contributed by atoms with Gasteiger partial charge < -0.3 is 19.2 Å². The van der Waals surface area contributed by atoms with Gasteiger partial charge in [-0.05, 0) is 24.1 Å². The molecule has 0 aliphatic rings. The zero-order valence-electron chi connectivity index (χ0n) is 14.3. The number of aliphatic carboxylic acids is 1. The average molecular weight is 368 g/mol. The van der Waals surface area contributed by atoms with Crippen LogP contribution in [-0.2, 0) is 17.8 Å². The molecule has 0 N–H and O–H groups in total. The number of aryl methyl sites for hydroxylation is 1. The van der Waals surface area contributed by atoms with Crippen molar-refractivity contribution in [2.75, 3.05) is 12.9 Å². The molecule has 0 saturated heterocycles. The van der Waals surface area contributed by atoms with Crippen molar-refractivity contribution in [2.24, 2.45) is 0 Å². The van der Waals surface area contributed by atoms with Gasteiger partial charge in [-0.2, -0.15) is 0 Å². The SMILES string of the molecule is COc1ccccc1-c1nnc(SCC(=O)[O-])n1CCc1ccccc1. The van der Waals surface area contributed by atoms with Gasteiger partial charge in [-0.1, -0.05) is 54.2 Å². The lowest BCUT2D eigenvalue weighted by atomic mass is 10.1. The molecule has 26 heavy (non-hydrogen) atoms. The smallest absolute Gasteiger partial charge is 0.191 e. The number of hydrogen-bond acceptors (Lipinski definition) is 6. The van der Waals surface area contributed by atoms with Crippen molar-refractivity contribution in [3.8, 4) is 17.1 Å². The molecule has 6 nitrogen and oxygen atoms in total. The number of methoxy groups -OCH3 is 1. The molecule has 0 radical (unpaired) electrons. The molecule has 1 aromatic heterocycles. The Labute approximate surface area is 155 Å². The maximum Gasteiger partial charge on any atom is 0.191 e. The highest BCUT2D eigenvalue weighted by Crippen LogP contribution is 2.31. The van der Waals surface area contributed by atoms with Gasteiger partial charge in [0.25, 0.3) is 0 Å². The van der Waals surface area contributed by atoms with Crippen LogP contribution in [0.3, 0.4) is 0 Å². The van der Waals surface area contributed by atoms with Gasteiger partial charge in [0.2, 0.25) is 0 Å². The first-order chi connectivity index (χ1) is 12.7. The maximum atomic E-state index is 10.8. The topological polar surface area (TPSA) is 80.1 Å². The van der Waals surface area contributed by atoms with Crippen LogP contribution >= 0.6 is 11.8 Å². The summed E-state index contributed by atoms with van der Waals surface area (Å²) >= 11 is 1.11. The second kappa shape index (κ2) is 8.53. The van der Waals surface area contributed by atoms with Crippen molar-refractivity contribution in [1.82, 2.24) is 14.8 Å². The van der Waals surface area contributed by atoms with Crippen molar-refractivity contribution in [3.05, 3.63) is 60.2 Å². The number of ether oxygens (including phenoxy) is 1. The van der Waals surface area contributed by atoms with Crippen molar-refractivity contribution in [2.45, 2.75) is 18.1 Å². The van der Waals surface area contributed by atoms with E-state index < -0.39 is 5.97 Å². The molecule has 2 aromatic carbocycles. The van der Waals surface area contributed by atoms with Crippen LogP contribution in [0, 0.1) is 0 Å². The molecule has 0 aliphatic heterocycles. The Balaban J connectivity index is 1.94. The third-order valence-corrected chi connectivity index (χ3v) is 4.79. The van der Waals surface area contributed by atoms with Crippen LogP contribution < -0.4 is 9.84 Å². The van der Waals surface area contributed by atoms with Gasteiger partial charge in [-0.3, -0.25) is 0 Å². The van der Waals surface area contributed by atoms with Gasteiger partial charge in [-0.15, -0.1) is 10.2 Å². The molecular formula is C19H18N3O3S-.